The van der Waals surface area contributed by atoms with Gasteiger partial charge in [-0.2, -0.15) is 0 Å². The molecular formula is C18H25ClN4O2S. The van der Waals surface area contributed by atoms with Crippen molar-refractivity contribution in [3.63, 3.8) is 0 Å². The van der Waals surface area contributed by atoms with Gasteiger partial charge < -0.3 is 14.6 Å². The fraction of sp³-hybridized carbons (Fsp3) is 0.500. The normalized spacial score (nSPS) is 11.4. The fourth-order valence-corrected chi connectivity index (χ4v) is 2.92. The van der Waals surface area contributed by atoms with Gasteiger partial charge in [0.1, 0.15) is 12.4 Å². The molecule has 26 heavy (non-hydrogen) atoms. The number of aromatic nitrogens is 3. The third-order valence-corrected chi connectivity index (χ3v) is 4.91. The SMILES string of the molecule is Cn1c(COc2ccc(Cl)cc2)nnc1SCC(=O)NCCC(C)(C)C. The number of carbonyl (C=O) groups is 1. The number of carbonyl (C=O) groups excluding carboxylic acids is 1. The molecule has 0 saturated carbocycles. The zero-order chi connectivity index (χ0) is 19.2. The maximum absolute atomic E-state index is 11.9. The van der Waals surface area contributed by atoms with E-state index in [0.717, 1.165) is 6.42 Å². The van der Waals surface area contributed by atoms with Gasteiger partial charge in [0, 0.05) is 18.6 Å². The van der Waals surface area contributed by atoms with Crippen LogP contribution in [0.4, 0.5) is 0 Å². The van der Waals surface area contributed by atoms with Crippen LogP contribution in [-0.4, -0.2) is 33.0 Å². The molecule has 0 spiro atoms. The van der Waals surface area contributed by atoms with Gasteiger partial charge in [0.15, 0.2) is 11.0 Å². The van der Waals surface area contributed by atoms with Crippen molar-refractivity contribution in [1.82, 2.24) is 20.1 Å². The van der Waals surface area contributed by atoms with E-state index in [-0.39, 0.29) is 11.3 Å². The smallest absolute Gasteiger partial charge is 0.230 e. The highest BCUT2D eigenvalue weighted by Crippen LogP contribution is 2.19. The minimum absolute atomic E-state index is 0.00112. The summed E-state index contributed by atoms with van der Waals surface area (Å²) >= 11 is 7.22. The third kappa shape index (κ3) is 6.88. The number of nitrogens with zero attached hydrogens (tertiary/aromatic N) is 3. The van der Waals surface area contributed by atoms with Crippen LogP contribution in [0.5, 0.6) is 5.75 Å². The Balaban J connectivity index is 1.79. The summed E-state index contributed by atoms with van der Waals surface area (Å²) in [7, 11) is 1.86. The second kappa shape index (κ2) is 9.28. The molecule has 0 unspecified atom stereocenters. The monoisotopic (exact) mass is 396 g/mol. The highest BCUT2D eigenvalue weighted by Gasteiger charge is 2.13. The molecule has 0 bridgehead atoms. The van der Waals surface area contributed by atoms with Crippen LogP contribution in [0.1, 0.15) is 33.0 Å². The number of hydrogen-bond donors (Lipinski definition) is 1. The predicted molar refractivity (Wildman–Crippen MR) is 105 cm³/mol. The molecule has 8 heteroatoms. The highest BCUT2D eigenvalue weighted by atomic mass is 35.5. The molecule has 0 aliphatic heterocycles. The van der Waals surface area contributed by atoms with E-state index in [2.05, 4.69) is 36.3 Å². The molecule has 0 radical (unpaired) electrons. The summed E-state index contributed by atoms with van der Waals surface area (Å²) in [5.41, 5.74) is 0.211. The minimum Gasteiger partial charge on any atom is -0.486 e. The Labute approximate surface area is 163 Å². The van der Waals surface area contributed by atoms with Gasteiger partial charge in [-0.05, 0) is 36.1 Å². The van der Waals surface area contributed by atoms with E-state index in [1.165, 1.54) is 11.8 Å². The third-order valence-electron chi connectivity index (χ3n) is 3.64. The molecule has 2 aromatic rings. The van der Waals surface area contributed by atoms with Crippen LogP contribution in [0.2, 0.25) is 5.02 Å². The van der Waals surface area contributed by atoms with Crippen LogP contribution in [0.25, 0.3) is 0 Å². The lowest BCUT2D eigenvalue weighted by Gasteiger charge is -2.17. The molecule has 1 heterocycles. The first-order chi connectivity index (χ1) is 12.2. The number of amides is 1. The van der Waals surface area contributed by atoms with Crippen molar-refractivity contribution in [2.24, 2.45) is 12.5 Å². The maximum atomic E-state index is 11.9. The number of thioether (sulfide) groups is 1. The Morgan fingerprint density at radius 1 is 1.27 bits per heavy atom. The van der Waals surface area contributed by atoms with E-state index < -0.39 is 0 Å². The van der Waals surface area contributed by atoms with Crippen LogP contribution in [0, 0.1) is 5.41 Å². The van der Waals surface area contributed by atoms with Crippen molar-refractivity contribution in [2.75, 3.05) is 12.3 Å². The fourth-order valence-electron chi connectivity index (χ4n) is 2.03. The van der Waals surface area contributed by atoms with Crippen LogP contribution in [0.3, 0.4) is 0 Å². The summed E-state index contributed by atoms with van der Waals surface area (Å²) < 4.78 is 7.52. The number of hydrogen-bond acceptors (Lipinski definition) is 5. The molecule has 0 aliphatic carbocycles. The van der Waals surface area contributed by atoms with E-state index in [9.17, 15) is 4.79 Å². The van der Waals surface area contributed by atoms with Crippen molar-refractivity contribution < 1.29 is 9.53 Å². The van der Waals surface area contributed by atoms with E-state index in [1.54, 1.807) is 24.3 Å². The zero-order valence-electron chi connectivity index (χ0n) is 15.6. The van der Waals surface area contributed by atoms with Gasteiger partial charge in [-0.1, -0.05) is 44.1 Å². The number of benzene rings is 1. The standard InChI is InChI=1S/C18H25ClN4O2S/c1-18(2,3)9-10-20-16(24)12-26-17-22-21-15(23(17)4)11-25-14-7-5-13(19)6-8-14/h5-8H,9-12H2,1-4H3,(H,20,24). The molecule has 0 fully saturated rings. The Kier molecular flexibility index (Phi) is 7.34. The van der Waals surface area contributed by atoms with Gasteiger partial charge in [0.2, 0.25) is 5.91 Å². The first kappa shape index (κ1) is 20.6. The number of halogens is 1. The van der Waals surface area contributed by atoms with Crippen LogP contribution >= 0.6 is 23.4 Å². The molecule has 6 nitrogen and oxygen atoms in total. The molecule has 0 aliphatic rings. The summed E-state index contributed by atoms with van der Waals surface area (Å²) in [5.74, 6) is 1.72. The van der Waals surface area contributed by atoms with Gasteiger partial charge in [0.25, 0.3) is 0 Å². The Hall–Kier alpha value is -1.73. The second-order valence-electron chi connectivity index (χ2n) is 7.15. The Bertz CT molecular complexity index is 726. The molecule has 142 valence electrons. The summed E-state index contributed by atoms with van der Waals surface area (Å²) in [5, 5.41) is 12.5. The van der Waals surface area contributed by atoms with E-state index in [1.807, 2.05) is 11.6 Å². The molecular weight excluding hydrogens is 372 g/mol. The van der Waals surface area contributed by atoms with E-state index in [4.69, 9.17) is 16.3 Å². The van der Waals surface area contributed by atoms with E-state index >= 15 is 0 Å². The van der Waals surface area contributed by atoms with Crippen molar-refractivity contribution in [3.05, 3.63) is 35.1 Å². The van der Waals surface area contributed by atoms with Gasteiger partial charge in [-0.3, -0.25) is 4.79 Å². The molecule has 0 saturated heterocycles. The molecule has 1 aromatic heterocycles. The average molecular weight is 397 g/mol. The zero-order valence-corrected chi connectivity index (χ0v) is 17.2. The van der Waals surface area contributed by atoms with Crippen molar-refractivity contribution in [3.8, 4) is 5.75 Å². The summed E-state index contributed by atoms with van der Waals surface area (Å²) in [4.78, 5) is 11.9. The van der Waals surface area contributed by atoms with Gasteiger partial charge in [0.05, 0.1) is 5.75 Å². The highest BCUT2D eigenvalue weighted by molar-refractivity contribution is 7.99. The number of rotatable bonds is 8. The average Bonchev–Trinajstić information content (AvgIpc) is 2.91. The van der Waals surface area contributed by atoms with Crippen molar-refractivity contribution >= 4 is 29.3 Å². The first-order valence-electron chi connectivity index (χ1n) is 8.41. The van der Waals surface area contributed by atoms with Gasteiger partial charge >= 0.3 is 0 Å². The lowest BCUT2D eigenvalue weighted by atomic mass is 9.92. The van der Waals surface area contributed by atoms with Crippen molar-refractivity contribution in [2.45, 2.75) is 39.0 Å². The van der Waals surface area contributed by atoms with Crippen LogP contribution < -0.4 is 10.1 Å². The van der Waals surface area contributed by atoms with Gasteiger partial charge in [-0.15, -0.1) is 10.2 Å². The summed E-state index contributed by atoms with van der Waals surface area (Å²) in [6, 6.07) is 7.15. The molecule has 0 atom stereocenters. The first-order valence-corrected chi connectivity index (χ1v) is 9.77. The molecule has 1 amide bonds. The van der Waals surface area contributed by atoms with Gasteiger partial charge in [-0.25, -0.2) is 0 Å². The molecule has 1 aromatic carbocycles. The second-order valence-corrected chi connectivity index (χ2v) is 8.53. The largest absolute Gasteiger partial charge is 0.486 e. The topological polar surface area (TPSA) is 69.0 Å². The predicted octanol–water partition coefficient (Wildman–Crippen LogP) is 3.69. The lowest BCUT2D eigenvalue weighted by molar-refractivity contribution is -0.118. The quantitative estimate of drug-likeness (QED) is 0.689. The summed E-state index contributed by atoms with van der Waals surface area (Å²) in [6.07, 6.45) is 0.944. The Morgan fingerprint density at radius 3 is 2.62 bits per heavy atom. The van der Waals surface area contributed by atoms with Crippen LogP contribution in [-0.2, 0) is 18.4 Å². The van der Waals surface area contributed by atoms with E-state index in [0.29, 0.717) is 40.7 Å². The minimum atomic E-state index is 0.00112. The Morgan fingerprint density at radius 2 is 1.96 bits per heavy atom. The number of nitrogens with one attached hydrogen (secondary N) is 1. The molecule has 1 N–H and O–H groups in total. The van der Waals surface area contributed by atoms with Crippen LogP contribution in [0.15, 0.2) is 29.4 Å². The maximum Gasteiger partial charge on any atom is 0.230 e. The lowest BCUT2D eigenvalue weighted by Crippen LogP contribution is -2.28. The molecule has 2 rings (SSSR count). The summed E-state index contributed by atoms with van der Waals surface area (Å²) in [6.45, 7) is 7.44. The number of ether oxygens (including phenoxy) is 1. The van der Waals surface area contributed by atoms with Crippen molar-refractivity contribution in [1.29, 1.82) is 0 Å².